The molecule has 6 nitrogen and oxygen atoms in total. The van der Waals surface area contributed by atoms with E-state index in [4.69, 9.17) is 5.11 Å². The van der Waals surface area contributed by atoms with Crippen molar-refractivity contribution in [2.45, 2.75) is 24.3 Å². The number of aromatic nitrogens is 2. The standard InChI is InChI=1S/C13H17N3O3S/c17-7-1-2-11-3-5-13(6-4-11)20(18,19)16-9-12-8-14-10-15-12/h3-6,8,10,16-17H,1-2,7,9H2,(H,14,15). The van der Waals surface area contributed by atoms with Crippen LogP contribution < -0.4 is 4.72 Å². The van der Waals surface area contributed by atoms with Crippen LogP contribution in [0, 0.1) is 0 Å². The lowest BCUT2D eigenvalue weighted by Gasteiger charge is -2.06. The zero-order valence-corrected chi connectivity index (χ0v) is 11.7. The average molecular weight is 295 g/mol. The van der Waals surface area contributed by atoms with E-state index in [0.717, 1.165) is 12.0 Å². The Morgan fingerprint density at radius 1 is 1.25 bits per heavy atom. The lowest BCUT2D eigenvalue weighted by molar-refractivity contribution is 0.288. The molecule has 0 spiro atoms. The first kappa shape index (κ1) is 14.7. The fourth-order valence-corrected chi connectivity index (χ4v) is 2.76. The summed E-state index contributed by atoms with van der Waals surface area (Å²) in [6.45, 7) is 0.306. The minimum absolute atomic E-state index is 0.131. The Bertz CT molecular complexity index is 621. The fourth-order valence-electron chi connectivity index (χ4n) is 1.76. The molecule has 0 aliphatic carbocycles. The Morgan fingerprint density at radius 3 is 2.60 bits per heavy atom. The van der Waals surface area contributed by atoms with Crippen LogP contribution in [0.15, 0.2) is 41.7 Å². The van der Waals surface area contributed by atoms with E-state index in [0.29, 0.717) is 12.1 Å². The second-order valence-electron chi connectivity index (χ2n) is 4.37. The number of aliphatic hydroxyl groups excluding tert-OH is 1. The molecule has 0 fully saturated rings. The Morgan fingerprint density at radius 2 is 2.00 bits per heavy atom. The summed E-state index contributed by atoms with van der Waals surface area (Å²) in [5.41, 5.74) is 1.71. The van der Waals surface area contributed by atoms with E-state index >= 15 is 0 Å². The SMILES string of the molecule is O=S(=O)(NCc1cnc[nH]1)c1ccc(CCCO)cc1. The third-order valence-electron chi connectivity index (χ3n) is 2.86. The van der Waals surface area contributed by atoms with E-state index in [9.17, 15) is 8.42 Å². The summed E-state index contributed by atoms with van der Waals surface area (Å²) >= 11 is 0. The van der Waals surface area contributed by atoms with Crippen molar-refractivity contribution < 1.29 is 13.5 Å². The molecule has 0 saturated carbocycles. The molecule has 7 heteroatoms. The Hall–Kier alpha value is -1.70. The minimum Gasteiger partial charge on any atom is -0.396 e. The van der Waals surface area contributed by atoms with Gasteiger partial charge in [0.05, 0.1) is 17.8 Å². The summed E-state index contributed by atoms with van der Waals surface area (Å²) in [4.78, 5) is 6.88. The van der Waals surface area contributed by atoms with Crippen LogP contribution in [-0.2, 0) is 23.0 Å². The Kier molecular flexibility index (Phi) is 4.89. The predicted molar refractivity (Wildman–Crippen MR) is 74.5 cm³/mol. The summed E-state index contributed by atoms with van der Waals surface area (Å²) < 4.78 is 26.6. The normalized spacial score (nSPS) is 11.7. The summed E-state index contributed by atoms with van der Waals surface area (Å²) in [5, 5.41) is 8.76. The van der Waals surface area contributed by atoms with Crippen LogP contribution in [0.5, 0.6) is 0 Å². The highest BCUT2D eigenvalue weighted by Crippen LogP contribution is 2.12. The maximum atomic E-state index is 12.1. The average Bonchev–Trinajstić information content (AvgIpc) is 2.97. The number of hydrogen-bond donors (Lipinski definition) is 3. The number of aliphatic hydroxyl groups is 1. The number of H-pyrrole nitrogens is 1. The summed E-state index contributed by atoms with van der Waals surface area (Å²) in [6.07, 6.45) is 4.47. The van der Waals surface area contributed by atoms with Crippen LogP contribution in [0.1, 0.15) is 17.7 Å². The summed E-state index contributed by atoms with van der Waals surface area (Å²) in [5.74, 6) is 0. The molecule has 3 N–H and O–H groups in total. The van der Waals surface area contributed by atoms with Crippen molar-refractivity contribution in [3.05, 3.63) is 48.0 Å². The van der Waals surface area contributed by atoms with Crippen molar-refractivity contribution in [3.8, 4) is 0 Å². The first-order valence-corrected chi connectivity index (χ1v) is 7.77. The molecule has 0 amide bonds. The monoisotopic (exact) mass is 295 g/mol. The number of aryl methyl sites for hydroxylation is 1. The lowest BCUT2D eigenvalue weighted by Crippen LogP contribution is -2.23. The Balaban J connectivity index is 2.01. The van der Waals surface area contributed by atoms with E-state index in [1.807, 2.05) is 0 Å². The number of hydrogen-bond acceptors (Lipinski definition) is 4. The smallest absolute Gasteiger partial charge is 0.240 e. The second kappa shape index (κ2) is 6.65. The third-order valence-corrected chi connectivity index (χ3v) is 4.28. The van der Waals surface area contributed by atoms with Crippen LogP contribution >= 0.6 is 0 Å². The molecule has 0 radical (unpaired) electrons. The summed E-state index contributed by atoms with van der Waals surface area (Å²) in [7, 11) is -3.52. The highest BCUT2D eigenvalue weighted by molar-refractivity contribution is 7.89. The van der Waals surface area contributed by atoms with Crippen LogP contribution in [0.4, 0.5) is 0 Å². The molecule has 0 unspecified atom stereocenters. The van der Waals surface area contributed by atoms with Gasteiger partial charge in [-0.1, -0.05) is 12.1 Å². The number of nitrogens with zero attached hydrogens (tertiary/aromatic N) is 1. The van der Waals surface area contributed by atoms with Gasteiger partial charge in [0.25, 0.3) is 0 Å². The number of nitrogens with one attached hydrogen (secondary N) is 2. The molecule has 0 saturated heterocycles. The molecule has 108 valence electrons. The van der Waals surface area contributed by atoms with Crippen LogP contribution in [0.3, 0.4) is 0 Å². The highest BCUT2D eigenvalue weighted by Gasteiger charge is 2.13. The van der Waals surface area contributed by atoms with Gasteiger partial charge in [-0.25, -0.2) is 18.1 Å². The number of rotatable bonds is 7. The number of sulfonamides is 1. The number of imidazole rings is 1. The maximum absolute atomic E-state index is 12.1. The molecule has 1 heterocycles. The lowest BCUT2D eigenvalue weighted by atomic mass is 10.1. The highest BCUT2D eigenvalue weighted by atomic mass is 32.2. The van der Waals surface area contributed by atoms with Crippen molar-refractivity contribution in [2.24, 2.45) is 0 Å². The molecular weight excluding hydrogens is 278 g/mol. The molecular formula is C13H17N3O3S. The van der Waals surface area contributed by atoms with Gasteiger partial charge in [-0.3, -0.25) is 0 Å². The van der Waals surface area contributed by atoms with Gasteiger partial charge in [-0.05, 0) is 30.5 Å². The van der Waals surface area contributed by atoms with E-state index in [-0.39, 0.29) is 18.0 Å². The Labute approximate surface area is 117 Å². The van der Waals surface area contributed by atoms with Gasteiger partial charge in [-0.2, -0.15) is 0 Å². The zero-order chi connectivity index (χ0) is 14.4. The molecule has 1 aromatic heterocycles. The van der Waals surface area contributed by atoms with E-state index < -0.39 is 10.0 Å². The number of benzene rings is 1. The van der Waals surface area contributed by atoms with Crippen molar-refractivity contribution in [1.29, 1.82) is 0 Å². The third kappa shape index (κ3) is 3.89. The molecule has 20 heavy (non-hydrogen) atoms. The van der Waals surface area contributed by atoms with Crippen LogP contribution in [-0.4, -0.2) is 30.1 Å². The predicted octanol–water partition coefficient (Wildman–Crippen LogP) is 0.813. The first-order valence-electron chi connectivity index (χ1n) is 6.28. The van der Waals surface area contributed by atoms with Gasteiger partial charge in [0.15, 0.2) is 0 Å². The van der Waals surface area contributed by atoms with Crippen molar-refractivity contribution >= 4 is 10.0 Å². The van der Waals surface area contributed by atoms with E-state index in [1.54, 1.807) is 30.5 Å². The quantitative estimate of drug-likeness (QED) is 0.704. The van der Waals surface area contributed by atoms with Gasteiger partial charge >= 0.3 is 0 Å². The van der Waals surface area contributed by atoms with Gasteiger partial charge in [0.2, 0.25) is 10.0 Å². The van der Waals surface area contributed by atoms with Gasteiger partial charge in [-0.15, -0.1) is 0 Å². The largest absolute Gasteiger partial charge is 0.396 e. The molecule has 0 aliphatic heterocycles. The summed E-state index contributed by atoms with van der Waals surface area (Å²) in [6, 6.07) is 6.67. The minimum atomic E-state index is -3.52. The topological polar surface area (TPSA) is 95.1 Å². The van der Waals surface area contributed by atoms with Crippen molar-refractivity contribution in [3.63, 3.8) is 0 Å². The molecule has 0 aliphatic rings. The second-order valence-corrected chi connectivity index (χ2v) is 6.14. The number of aromatic amines is 1. The van der Waals surface area contributed by atoms with Gasteiger partial charge in [0, 0.05) is 18.5 Å². The van der Waals surface area contributed by atoms with Gasteiger partial charge in [0.1, 0.15) is 0 Å². The van der Waals surface area contributed by atoms with Crippen molar-refractivity contribution in [1.82, 2.24) is 14.7 Å². The van der Waals surface area contributed by atoms with Gasteiger partial charge < -0.3 is 10.1 Å². The molecule has 0 bridgehead atoms. The van der Waals surface area contributed by atoms with E-state index in [1.165, 1.54) is 6.33 Å². The van der Waals surface area contributed by atoms with Crippen molar-refractivity contribution in [2.75, 3.05) is 6.61 Å². The fraction of sp³-hybridized carbons (Fsp3) is 0.308. The maximum Gasteiger partial charge on any atom is 0.240 e. The van der Waals surface area contributed by atoms with Crippen LogP contribution in [0.2, 0.25) is 0 Å². The zero-order valence-electron chi connectivity index (χ0n) is 10.9. The van der Waals surface area contributed by atoms with E-state index in [2.05, 4.69) is 14.7 Å². The molecule has 1 aromatic carbocycles. The molecule has 2 rings (SSSR count). The van der Waals surface area contributed by atoms with Crippen LogP contribution in [0.25, 0.3) is 0 Å². The molecule has 0 atom stereocenters. The first-order chi connectivity index (χ1) is 9.62. The molecule has 2 aromatic rings.